The molecule has 8 nitrogen and oxygen atoms in total. The number of halogens is 1. The largest absolute Gasteiger partial charge is 0.452 e. The zero-order valence-electron chi connectivity index (χ0n) is 13.7. The van der Waals surface area contributed by atoms with Gasteiger partial charge in [-0.15, -0.1) is 0 Å². The molecule has 2 rings (SSSR count). The molecule has 9 heteroatoms. The zero-order valence-corrected chi connectivity index (χ0v) is 13.7. The van der Waals surface area contributed by atoms with Gasteiger partial charge < -0.3 is 10.1 Å². The molecule has 136 valence electrons. The molecule has 2 aromatic carbocycles. The number of nitro groups is 1. The van der Waals surface area contributed by atoms with Crippen molar-refractivity contribution in [1.29, 1.82) is 5.26 Å². The van der Waals surface area contributed by atoms with Gasteiger partial charge in [-0.05, 0) is 18.2 Å². The van der Waals surface area contributed by atoms with Gasteiger partial charge in [0, 0.05) is 23.8 Å². The van der Waals surface area contributed by atoms with E-state index in [0.29, 0.717) is 0 Å². The Morgan fingerprint density at radius 1 is 1.30 bits per heavy atom. The number of amides is 1. The Morgan fingerprint density at radius 2 is 2.04 bits per heavy atom. The third kappa shape index (κ3) is 5.47. The fraction of sp³-hybridized carbons (Fsp3) is 0.0556. The van der Waals surface area contributed by atoms with Crippen LogP contribution in [0, 0.1) is 27.3 Å². The van der Waals surface area contributed by atoms with E-state index in [4.69, 9.17) is 10.00 Å². The number of rotatable bonds is 6. The topological polar surface area (TPSA) is 122 Å². The molecule has 1 N–H and O–H groups in total. The standard InChI is InChI=1S/C18H12FN3O5/c19-15-4-2-1-3-12(15)5-8-18(24)27-11-17(23)21-16-7-6-14(22(25)26)9-13(16)10-20/h1-9H,11H2,(H,21,23)/b8-5+. The van der Waals surface area contributed by atoms with Crippen molar-refractivity contribution >= 4 is 29.3 Å². The molecule has 0 saturated heterocycles. The highest BCUT2D eigenvalue weighted by Crippen LogP contribution is 2.21. The first kappa shape index (κ1) is 19.3. The molecule has 27 heavy (non-hydrogen) atoms. The van der Waals surface area contributed by atoms with Gasteiger partial charge in [0.1, 0.15) is 11.9 Å². The van der Waals surface area contributed by atoms with E-state index in [2.05, 4.69) is 5.32 Å². The lowest BCUT2D eigenvalue weighted by atomic mass is 10.1. The minimum Gasteiger partial charge on any atom is -0.452 e. The average molecular weight is 369 g/mol. The summed E-state index contributed by atoms with van der Waals surface area (Å²) in [6.45, 7) is -0.650. The smallest absolute Gasteiger partial charge is 0.331 e. The van der Waals surface area contributed by atoms with Crippen molar-refractivity contribution in [2.45, 2.75) is 0 Å². The van der Waals surface area contributed by atoms with Crippen LogP contribution < -0.4 is 5.32 Å². The van der Waals surface area contributed by atoms with Gasteiger partial charge >= 0.3 is 5.97 Å². The van der Waals surface area contributed by atoms with Crippen LogP contribution in [0.1, 0.15) is 11.1 Å². The number of ether oxygens (including phenoxy) is 1. The number of non-ortho nitro benzene ring substituents is 1. The minimum atomic E-state index is -0.863. The SMILES string of the molecule is N#Cc1cc([N+](=O)[O-])ccc1NC(=O)COC(=O)/C=C/c1ccccc1F. The van der Waals surface area contributed by atoms with Gasteiger partial charge in [-0.3, -0.25) is 14.9 Å². The van der Waals surface area contributed by atoms with E-state index in [9.17, 15) is 24.1 Å². The van der Waals surface area contributed by atoms with Crippen molar-refractivity contribution in [1.82, 2.24) is 0 Å². The fourth-order valence-corrected chi connectivity index (χ4v) is 1.99. The van der Waals surface area contributed by atoms with E-state index in [-0.39, 0.29) is 22.5 Å². The number of carbonyl (C=O) groups excluding carboxylic acids is 2. The molecule has 0 aliphatic rings. The molecule has 2 aromatic rings. The summed E-state index contributed by atoms with van der Waals surface area (Å²) in [6.07, 6.45) is 2.18. The quantitative estimate of drug-likeness (QED) is 0.361. The van der Waals surface area contributed by atoms with Crippen molar-refractivity contribution < 1.29 is 23.6 Å². The first-order valence-corrected chi connectivity index (χ1v) is 7.48. The second-order valence-electron chi connectivity index (χ2n) is 5.11. The number of nitrogens with zero attached hydrogens (tertiary/aromatic N) is 2. The summed E-state index contributed by atoms with van der Waals surface area (Å²) in [7, 11) is 0. The summed E-state index contributed by atoms with van der Waals surface area (Å²) in [5.74, 6) is -2.12. The first-order valence-electron chi connectivity index (χ1n) is 7.48. The van der Waals surface area contributed by atoms with E-state index < -0.39 is 29.2 Å². The summed E-state index contributed by atoms with van der Waals surface area (Å²) in [5.41, 5.74) is -0.174. The third-order valence-electron chi connectivity index (χ3n) is 3.26. The number of nitriles is 1. The molecule has 0 heterocycles. The van der Waals surface area contributed by atoms with E-state index in [1.807, 2.05) is 0 Å². The summed E-state index contributed by atoms with van der Waals surface area (Å²) in [5, 5.41) is 22.0. The number of nitrogens with one attached hydrogen (secondary N) is 1. The van der Waals surface area contributed by atoms with Crippen molar-refractivity contribution in [2.75, 3.05) is 11.9 Å². The van der Waals surface area contributed by atoms with Gasteiger partial charge in [0.05, 0.1) is 16.2 Å². The maximum absolute atomic E-state index is 13.4. The lowest BCUT2D eigenvalue weighted by Gasteiger charge is -2.07. The van der Waals surface area contributed by atoms with Gasteiger partial charge in [0.15, 0.2) is 6.61 Å². The predicted molar refractivity (Wildman–Crippen MR) is 92.8 cm³/mol. The van der Waals surface area contributed by atoms with Crippen molar-refractivity contribution in [2.24, 2.45) is 0 Å². The maximum atomic E-state index is 13.4. The Morgan fingerprint density at radius 3 is 2.70 bits per heavy atom. The molecule has 0 bridgehead atoms. The molecule has 0 saturated carbocycles. The number of hydrogen-bond donors (Lipinski definition) is 1. The lowest BCUT2D eigenvalue weighted by molar-refractivity contribution is -0.384. The maximum Gasteiger partial charge on any atom is 0.331 e. The van der Waals surface area contributed by atoms with Crippen LogP contribution in [0.15, 0.2) is 48.5 Å². The number of anilines is 1. The van der Waals surface area contributed by atoms with E-state index >= 15 is 0 Å². The molecule has 0 radical (unpaired) electrons. The Hall–Kier alpha value is -4.06. The van der Waals surface area contributed by atoms with Gasteiger partial charge in [-0.2, -0.15) is 5.26 Å². The normalized spacial score (nSPS) is 10.2. The Balaban J connectivity index is 1.93. The zero-order chi connectivity index (χ0) is 19.8. The van der Waals surface area contributed by atoms with Crippen LogP contribution in [-0.4, -0.2) is 23.4 Å². The highest BCUT2D eigenvalue weighted by atomic mass is 19.1. The Bertz CT molecular complexity index is 966. The minimum absolute atomic E-state index is 0.0473. The van der Waals surface area contributed by atoms with Crippen LogP contribution in [0.2, 0.25) is 0 Å². The number of benzene rings is 2. The van der Waals surface area contributed by atoms with E-state index in [1.54, 1.807) is 12.1 Å². The van der Waals surface area contributed by atoms with Crippen LogP contribution in [0.3, 0.4) is 0 Å². The second-order valence-corrected chi connectivity index (χ2v) is 5.11. The number of esters is 1. The predicted octanol–water partition coefficient (Wildman–Crippen LogP) is 2.80. The van der Waals surface area contributed by atoms with Crippen molar-refractivity contribution in [3.8, 4) is 6.07 Å². The van der Waals surface area contributed by atoms with Crippen LogP contribution >= 0.6 is 0 Å². The summed E-state index contributed by atoms with van der Waals surface area (Å²) < 4.78 is 18.1. The van der Waals surface area contributed by atoms with Gasteiger partial charge in [0.2, 0.25) is 0 Å². The molecule has 1 amide bonds. The second kappa shape index (κ2) is 8.87. The van der Waals surface area contributed by atoms with Gasteiger partial charge in [0.25, 0.3) is 11.6 Å². The van der Waals surface area contributed by atoms with Gasteiger partial charge in [-0.1, -0.05) is 18.2 Å². The van der Waals surface area contributed by atoms with E-state index in [0.717, 1.165) is 18.2 Å². The van der Waals surface area contributed by atoms with Gasteiger partial charge in [-0.25, -0.2) is 9.18 Å². The molecular weight excluding hydrogens is 357 g/mol. The third-order valence-corrected chi connectivity index (χ3v) is 3.26. The molecular formula is C18H12FN3O5. The number of hydrogen-bond acceptors (Lipinski definition) is 6. The molecule has 0 atom stereocenters. The Labute approximate surface area is 152 Å². The number of carbonyl (C=O) groups is 2. The summed E-state index contributed by atoms with van der Waals surface area (Å²) in [4.78, 5) is 33.4. The number of nitro benzene ring substituents is 1. The summed E-state index contributed by atoms with van der Waals surface area (Å²) in [6, 6.07) is 10.9. The van der Waals surface area contributed by atoms with Crippen LogP contribution in [0.5, 0.6) is 0 Å². The highest BCUT2D eigenvalue weighted by molar-refractivity contribution is 5.95. The average Bonchev–Trinajstić information content (AvgIpc) is 2.65. The highest BCUT2D eigenvalue weighted by Gasteiger charge is 2.13. The summed E-state index contributed by atoms with van der Waals surface area (Å²) >= 11 is 0. The molecule has 0 aliphatic heterocycles. The Kier molecular flexibility index (Phi) is 6.33. The van der Waals surface area contributed by atoms with Crippen LogP contribution in [0.25, 0.3) is 6.08 Å². The van der Waals surface area contributed by atoms with Crippen molar-refractivity contribution in [3.05, 3.63) is 75.6 Å². The van der Waals surface area contributed by atoms with Crippen LogP contribution in [0.4, 0.5) is 15.8 Å². The fourth-order valence-electron chi connectivity index (χ4n) is 1.99. The van der Waals surface area contributed by atoms with Crippen molar-refractivity contribution in [3.63, 3.8) is 0 Å². The van der Waals surface area contributed by atoms with E-state index in [1.165, 1.54) is 30.3 Å². The first-order chi connectivity index (χ1) is 12.9. The lowest BCUT2D eigenvalue weighted by Crippen LogP contribution is -2.20. The van der Waals surface area contributed by atoms with Crippen LogP contribution in [-0.2, 0) is 14.3 Å². The molecule has 0 aromatic heterocycles. The molecule has 0 aliphatic carbocycles. The molecule has 0 unspecified atom stereocenters. The molecule has 0 fully saturated rings. The monoisotopic (exact) mass is 369 g/mol. The molecule has 0 spiro atoms.